The number of nitrogens with two attached hydrogens (primary N) is 1. The fraction of sp³-hybridized carbons (Fsp3) is 1.00. The molecule has 0 aromatic rings. The molecule has 3 rings (SSSR count). The third-order valence-electron chi connectivity index (χ3n) is 5.78. The first-order chi connectivity index (χ1) is 10.3. The number of hydrogen-bond acceptors (Lipinski definition) is 4. The normalized spacial score (nSPS) is 36.0. The molecule has 21 heavy (non-hydrogen) atoms. The molecule has 0 aromatic heterocycles. The molecule has 2 aliphatic heterocycles. The SMILES string of the molecule is CCCC1CC(CN)(N2CCN(CC3CC3)CC2)CCO1. The smallest absolute Gasteiger partial charge is 0.0593 e. The van der Waals surface area contributed by atoms with Gasteiger partial charge in [0.1, 0.15) is 0 Å². The summed E-state index contributed by atoms with van der Waals surface area (Å²) in [6.07, 6.45) is 8.00. The highest BCUT2D eigenvalue weighted by atomic mass is 16.5. The second kappa shape index (κ2) is 6.95. The summed E-state index contributed by atoms with van der Waals surface area (Å²) in [6.45, 7) is 10.1. The lowest BCUT2D eigenvalue weighted by Gasteiger charge is -2.51. The summed E-state index contributed by atoms with van der Waals surface area (Å²) in [6, 6.07) is 0. The molecule has 2 atom stereocenters. The molecule has 1 saturated carbocycles. The van der Waals surface area contributed by atoms with Crippen LogP contribution in [0.25, 0.3) is 0 Å². The van der Waals surface area contributed by atoms with Crippen LogP contribution in [0, 0.1) is 5.92 Å². The van der Waals surface area contributed by atoms with Crippen molar-refractivity contribution in [2.24, 2.45) is 11.7 Å². The number of ether oxygens (including phenoxy) is 1. The van der Waals surface area contributed by atoms with E-state index in [1.54, 1.807) is 0 Å². The van der Waals surface area contributed by atoms with Crippen molar-refractivity contribution in [1.29, 1.82) is 0 Å². The average molecular weight is 295 g/mol. The van der Waals surface area contributed by atoms with E-state index in [1.165, 1.54) is 58.4 Å². The van der Waals surface area contributed by atoms with Crippen LogP contribution < -0.4 is 5.73 Å². The molecule has 0 spiro atoms. The summed E-state index contributed by atoms with van der Waals surface area (Å²) < 4.78 is 5.96. The molecule has 122 valence electrons. The highest BCUT2D eigenvalue weighted by molar-refractivity contribution is 4.98. The summed E-state index contributed by atoms with van der Waals surface area (Å²) in [7, 11) is 0. The summed E-state index contributed by atoms with van der Waals surface area (Å²) in [4.78, 5) is 5.36. The Morgan fingerprint density at radius 3 is 2.57 bits per heavy atom. The fourth-order valence-corrected chi connectivity index (χ4v) is 4.18. The van der Waals surface area contributed by atoms with Crippen molar-refractivity contribution in [2.45, 2.75) is 57.1 Å². The maximum Gasteiger partial charge on any atom is 0.0593 e. The van der Waals surface area contributed by atoms with Crippen LogP contribution >= 0.6 is 0 Å². The van der Waals surface area contributed by atoms with Gasteiger partial charge in [0.2, 0.25) is 0 Å². The van der Waals surface area contributed by atoms with E-state index in [0.29, 0.717) is 6.10 Å². The van der Waals surface area contributed by atoms with E-state index in [9.17, 15) is 0 Å². The van der Waals surface area contributed by atoms with Crippen LogP contribution in [-0.2, 0) is 4.74 Å². The zero-order chi connectivity index (χ0) is 14.7. The Kier molecular flexibility index (Phi) is 5.20. The first-order valence-corrected chi connectivity index (χ1v) is 9.05. The predicted octanol–water partition coefficient (Wildman–Crippen LogP) is 1.69. The Balaban J connectivity index is 1.55. The molecule has 4 nitrogen and oxygen atoms in total. The Hall–Kier alpha value is -0.160. The highest BCUT2D eigenvalue weighted by Crippen LogP contribution is 2.34. The van der Waals surface area contributed by atoms with Gasteiger partial charge in [-0.1, -0.05) is 13.3 Å². The van der Waals surface area contributed by atoms with Crippen LogP contribution in [-0.4, -0.2) is 67.3 Å². The highest BCUT2D eigenvalue weighted by Gasteiger charge is 2.41. The van der Waals surface area contributed by atoms with E-state index in [-0.39, 0.29) is 5.54 Å². The van der Waals surface area contributed by atoms with Gasteiger partial charge in [0, 0.05) is 51.4 Å². The van der Waals surface area contributed by atoms with Gasteiger partial charge in [0.25, 0.3) is 0 Å². The Morgan fingerprint density at radius 1 is 1.19 bits per heavy atom. The van der Waals surface area contributed by atoms with E-state index in [0.717, 1.165) is 31.9 Å². The van der Waals surface area contributed by atoms with Crippen LogP contribution in [0.1, 0.15) is 45.4 Å². The third kappa shape index (κ3) is 3.79. The zero-order valence-electron chi connectivity index (χ0n) is 13.7. The lowest BCUT2D eigenvalue weighted by molar-refractivity contribution is -0.0842. The predicted molar refractivity (Wildman–Crippen MR) is 86.4 cm³/mol. The zero-order valence-corrected chi connectivity index (χ0v) is 13.7. The van der Waals surface area contributed by atoms with Gasteiger partial charge >= 0.3 is 0 Å². The molecule has 1 aliphatic carbocycles. The van der Waals surface area contributed by atoms with Crippen molar-refractivity contribution in [1.82, 2.24) is 9.80 Å². The van der Waals surface area contributed by atoms with Gasteiger partial charge in [-0.05, 0) is 38.0 Å². The van der Waals surface area contributed by atoms with Gasteiger partial charge in [-0.25, -0.2) is 0 Å². The lowest BCUT2D eigenvalue weighted by atomic mass is 9.83. The van der Waals surface area contributed by atoms with Gasteiger partial charge < -0.3 is 15.4 Å². The number of nitrogens with zero attached hydrogens (tertiary/aromatic N) is 2. The molecule has 2 unspecified atom stereocenters. The topological polar surface area (TPSA) is 41.7 Å². The molecule has 2 heterocycles. The maximum atomic E-state index is 6.24. The van der Waals surface area contributed by atoms with Crippen LogP contribution in [0.4, 0.5) is 0 Å². The van der Waals surface area contributed by atoms with Gasteiger partial charge in [-0.15, -0.1) is 0 Å². The first kappa shape index (κ1) is 15.7. The van der Waals surface area contributed by atoms with Crippen molar-refractivity contribution in [3.8, 4) is 0 Å². The van der Waals surface area contributed by atoms with Crippen molar-refractivity contribution < 1.29 is 4.74 Å². The monoisotopic (exact) mass is 295 g/mol. The minimum absolute atomic E-state index is 0.212. The first-order valence-electron chi connectivity index (χ1n) is 9.05. The molecule has 2 N–H and O–H groups in total. The Morgan fingerprint density at radius 2 is 1.95 bits per heavy atom. The minimum atomic E-state index is 0.212. The van der Waals surface area contributed by atoms with Gasteiger partial charge in [0.05, 0.1) is 6.10 Å². The standard InChI is InChI=1S/C17H33N3O/c1-2-3-16-12-17(14-18,6-11-21-16)20-9-7-19(8-10-20)13-15-4-5-15/h15-16H,2-14,18H2,1H3. The van der Waals surface area contributed by atoms with Gasteiger partial charge in [-0.2, -0.15) is 0 Å². The van der Waals surface area contributed by atoms with Crippen molar-refractivity contribution in [3.63, 3.8) is 0 Å². The lowest BCUT2D eigenvalue weighted by Crippen LogP contribution is -2.63. The van der Waals surface area contributed by atoms with Gasteiger partial charge in [0.15, 0.2) is 0 Å². The van der Waals surface area contributed by atoms with Crippen molar-refractivity contribution in [2.75, 3.05) is 45.9 Å². The van der Waals surface area contributed by atoms with Crippen LogP contribution in [0.15, 0.2) is 0 Å². The summed E-state index contributed by atoms with van der Waals surface area (Å²) in [5.74, 6) is 1.01. The average Bonchev–Trinajstić information content (AvgIpc) is 3.32. The van der Waals surface area contributed by atoms with E-state index < -0.39 is 0 Å². The Bertz CT molecular complexity index is 324. The Labute approximate surface area is 130 Å². The summed E-state index contributed by atoms with van der Waals surface area (Å²) in [5, 5.41) is 0. The van der Waals surface area contributed by atoms with Crippen LogP contribution in [0.5, 0.6) is 0 Å². The van der Waals surface area contributed by atoms with E-state index in [4.69, 9.17) is 10.5 Å². The van der Waals surface area contributed by atoms with Crippen molar-refractivity contribution in [3.05, 3.63) is 0 Å². The van der Waals surface area contributed by atoms with Crippen LogP contribution in [0.2, 0.25) is 0 Å². The third-order valence-corrected chi connectivity index (χ3v) is 5.78. The molecule has 0 amide bonds. The summed E-state index contributed by atoms with van der Waals surface area (Å²) >= 11 is 0. The minimum Gasteiger partial charge on any atom is -0.378 e. The van der Waals surface area contributed by atoms with Gasteiger partial charge in [-0.3, -0.25) is 4.90 Å². The van der Waals surface area contributed by atoms with E-state index in [2.05, 4.69) is 16.7 Å². The second-order valence-corrected chi connectivity index (χ2v) is 7.40. The molecular formula is C17H33N3O. The van der Waals surface area contributed by atoms with Crippen molar-refractivity contribution >= 4 is 0 Å². The number of hydrogen-bond donors (Lipinski definition) is 1. The van der Waals surface area contributed by atoms with Crippen LogP contribution in [0.3, 0.4) is 0 Å². The number of piperazine rings is 1. The number of rotatable bonds is 6. The molecule has 2 saturated heterocycles. The fourth-order valence-electron chi connectivity index (χ4n) is 4.18. The molecule has 0 radical (unpaired) electrons. The van der Waals surface area contributed by atoms with E-state index >= 15 is 0 Å². The second-order valence-electron chi connectivity index (χ2n) is 7.40. The molecule has 4 heteroatoms. The molecule has 0 bridgehead atoms. The molecule has 3 aliphatic rings. The maximum absolute atomic E-state index is 6.24. The quantitative estimate of drug-likeness (QED) is 0.810. The largest absolute Gasteiger partial charge is 0.378 e. The molecule has 3 fully saturated rings. The summed E-state index contributed by atoms with van der Waals surface area (Å²) in [5.41, 5.74) is 6.45. The molecular weight excluding hydrogens is 262 g/mol. The van der Waals surface area contributed by atoms with E-state index in [1.807, 2.05) is 0 Å². The molecule has 0 aromatic carbocycles.